The molecule has 0 heterocycles. The lowest BCUT2D eigenvalue weighted by atomic mass is 9.97. The van der Waals surface area contributed by atoms with Crippen molar-refractivity contribution >= 4 is 22.6 Å². The van der Waals surface area contributed by atoms with Crippen molar-refractivity contribution in [2.75, 3.05) is 6.67 Å². The Kier molecular flexibility index (Phi) is 3.73. The summed E-state index contributed by atoms with van der Waals surface area (Å²) in [4.78, 5) is 0. The molecule has 0 fully saturated rings. The molecule has 0 saturated heterocycles. The summed E-state index contributed by atoms with van der Waals surface area (Å²) in [6, 6.07) is 5.66. The van der Waals surface area contributed by atoms with E-state index in [9.17, 15) is 4.39 Å². The number of hydrogen-bond donors (Lipinski definition) is 0. The van der Waals surface area contributed by atoms with Crippen molar-refractivity contribution in [1.29, 1.82) is 0 Å². The highest BCUT2D eigenvalue weighted by molar-refractivity contribution is 14.1. The van der Waals surface area contributed by atoms with Crippen LogP contribution in [0.15, 0.2) is 18.2 Å². The maximum atomic E-state index is 12.4. The van der Waals surface area contributed by atoms with Gasteiger partial charge in [0.1, 0.15) is 0 Å². The minimum Gasteiger partial charge on any atom is -0.250 e. The standard InChI is InChI=1S/C11H9FI/c1-3-9-10(8(2)7-12)5-4-6-11(9)13/h1,4-6H,7H2,2H3. The fraction of sp³-hybridized carbons (Fsp3) is 0.182. The molecule has 1 aromatic rings. The molecule has 0 aliphatic carbocycles. The maximum Gasteiger partial charge on any atom is 0.0998 e. The largest absolute Gasteiger partial charge is 0.250 e. The molecule has 0 bridgehead atoms. The first-order valence-electron chi connectivity index (χ1n) is 3.84. The fourth-order valence-electron chi connectivity index (χ4n) is 1.10. The normalized spacial score (nSPS) is 10.1. The van der Waals surface area contributed by atoms with E-state index in [0.717, 1.165) is 14.7 Å². The van der Waals surface area contributed by atoms with Gasteiger partial charge >= 0.3 is 0 Å². The molecule has 0 aliphatic rings. The van der Waals surface area contributed by atoms with Crippen molar-refractivity contribution in [3.63, 3.8) is 0 Å². The molecular formula is C11H9FI. The Bertz CT molecular complexity index is 338. The van der Waals surface area contributed by atoms with Gasteiger partial charge in [0.25, 0.3) is 0 Å². The molecule has 1 radical (unpaired) electrons. The summed E-state index contributed by atoms with van der Waals surface area (Å²) in [6.07, 6.45) is 5.35. The summed E-state index contributed by atoms with van der Waals surface area (Å²) >= 11 is 2.16. The third-order valence-electron chi connectivity index (χ3n) is 1.82. The molecule has 0 unspecified atom stereocenters. The molecule has 1 rings (SSSR count). The van der Waals surface area contributed by atoms with Crippen LogP contribution in [-0.4, -0.2) is 6.67 Å². The highest BCUT2D eigenvalue weighted by Crippen LogP contribution is 2.22. The second-order valence-corrected chi connectivity index (χ2v) is 3.88. The van der Waals surface area contributed by atoms with Gasteiger partial charge in [-0.2, -0.15) is 0 Å². The molecule has 0 aliphatic heterocycles. The number of terminal acetylenes is 1. The van der Waals surface area contributed by atoms with Crippen LogP contribution in [0.3, 0.4) is 0 Å². The zero-order valence-corrected chi connectivity index (χ0v) is 9.43. The monoisotopic (exact) mass is 287 g/mol. The Morgan fingerprint density at radius 2 is 2.31 bits per heavy atom. The van der Waals surface area contributed by atoms with Crippen LogP contribution < -0.4 is 0 Å². The highest BCUT2D eigenvalue weighted by Gasteiger charge is 2.11. The molecule has 0 atom stereocenters. The van der Waals surface area contributed by atoms with Gasteiger partial charge in [0.15, 0.2) is 0 Å². The first-order chi connectivity index (χ1) is 6.20. The number of rotatable bonds is 2. The van der Waals surface area contributed by atoms with Gasteiger partial charge in [-0.25, -0.2) is 0 Å². The second kappa shape index (κ2) is 4.61. The summed E-state index contributed by atoms with van der Waals surface area (Å²) in [5.74, 6) is 3.27. The Morgan fingerprint density at radius 1 is 1.62 bits per heavy atom. The maximum absolute atomic E-state index is 12.4. The summed E-state index contributed by atoms with van der Waals surface area (Å²) in [6.45, 7) is 1.31. The van der Waals surface area contributed by atoms with Gasteiger partial charge in [-0.05, 0) is 34.2 Å². The van der Waals surface area contributed by atoms with Gasteiger partial charge in [-0.3, -0.25) is 4.39 Å². The van der Waals surface area contributed by atoms with Crippen molar-refractivity contribution < 1.29 is 4.39 Å². The van der Waals surface area contributed by atoms with Gasteiger partial charge in [-0.1, -0.05) is 25.0 Å². The topological polar surface area (TPSA) is 0 Å². The minimum absolute atomic E-state index is 0.450. The van der Waals surface area contributed by atoms with Crippen LogP contribution in [0.1, 0.15) is 18.1 Å². The SMILES string of the molecule is C#Cc1c(I)cccc1[C](C)CF. The predicted molar refractivity (Wildman–Crippen MR) is 61.1 cm³/mol. The van der Waals surface area contributed by atoms with E-state index < -0.39 is 6.67 Å². The number of alkyl halides is 1. The second-order valence-electron chi connectivity index (χ2n) is 2.72. The lowest BCUT2D eigenvalue weighted by molar-refractivity contribution is 0.516. The first kappa shape index (κ1) is 10.5. The van der Waals surface area contributed by atoms with E-state index in [0.29, 0.717) is 5.92 Å². The van der Waals surface area contributed by atoms with E-state index in [2.05, 4.69) is 28.5 Å². The Balaban J connectivity index is 3.22. The van der Waals surface area contributed by atoms with Gasteiger partial charge in [0, 0.05) is 15.1 Å². The third-order valence-corrected chi connectivity index (χ3v) is 2.72. The molecule has 0 nitrogen and oxygen atoms in total. The highest BCUT2D eigenvalue weighted by atomic mass is 127. The molecule has 0 N–H and O–H groups in total. The smallest absolute Gasteiger partial charge is 0.0998 e. The molecule has 0 saturated carbocycles. The van der Waals surface area contributed by atoms with E-state index in [1.54, 1.807) is 6.92 Å². The summed E-state index contributed by atoms with van der Waals surface area (Å²) < 4.78 is 13.4. The predicted octanol–water partition coefficient (Wildman–Crippen LogP) is 3.18. The Hall–Kier alpha value is -0.560. The van der Waals surface area contributed by atoms with Crippen LogP contribution in [0.25, 0.3) is 0 Å². The minimum atomic E-state index is -0.450. The third kappa shape index (κ3) is 2.22. The average molecular weight is 287 g/mol. The number of benzene rings is 1. The van der Waals surface area contributed by atoms with E-state index >= 15 is 0 Å². The van der Waals surface area contributed by atoms with Crippen molar-refractivity contribution in [3.05, 3.63) is 38.8 Å². The molecule has 67 valence electrons. The van der Waals surface area contributed by atoms with Crippen LogP contribution in [0.5, 0.6) is 0 Å². The molecule has 0 amide bonds. The van der Waals surface area contributed by atoms with Crippen LogP contribution in [0, 0.1) is 21.8 Å². The van der Waals surface area contributed by atoms with Crippen molar-refractivity contribution in [2.45, 2.75) is 6.92 Å². The fourth-order valence-corrected chi connectivity index (χ4v) is 1.75. The molecule has 13 heavy (non-hydrogen) atoms. The van der Waals surface area contributed by atoms with Crippen molar-refractivity contribution in [2.24, 2.45) is 0 Å². The molecule has 0 spiro atoms. The van der Waals surface area contributed by atoms with Crippen LogP contribution in [0.2, 0.25) is 0 Å². The van der Waals surface area contributed by atoms with E-state index in [-0.39, 0.29) is 0 Å². The Morgan fingerprint density at radius 3 is 2.85 bits per heavy atom. The van der Waals surface area contributed by atoms with E-state index in [1.807, 2.05) is 18.2 Å². The average Bonchev–Trinajstić information content (AvgIpc) is 2.16. The molecule has 0 aromatic heterocycles. The van der Waals surface area contributed by atoms with Gasteiger partial charge < -0.3 is 0 Å². The lowest BCUT2D eigenvalue weighted by Gasteiger charge is -2.10. The van der Waals surface area contributed by atoms with Crippen molar-refractivity contribution in [1.82, 2.24) is 0 Å². The summed E-state index contributed by atoms with van der Waals surface area (Å²) in [5, 5.41) is 0. The van der Waals surface area contributed by atoms with Gasteiger partial charge in [0.05, 0.1) is 6.67 Å². The molecular weight excluding hydrogens is 278 g/mol. The van der Waals surface area contributed by atoms with Crippen LogP contribution in [-0.2, 0) is 0 Å². The number of hydrogen-bond acceptors (Lipinski definition) is 0. The Labute approximate surface area is 91.7 Å². The van der Waals surface area contributed by atoms with Gasteiger partial charge in [0.2, 0.25) is 0 Å². The summed E-state index contributed by atoms with van der Waals surface area (Å²) in [7, 11) is 0. The van der Waals surface area contributed by atoms with Crippen LogP contribution in [0.4, 0.5) is 4.39 Å². The summed E-state index contributed by atoms with van der Waals surface area (Å²) in [5.41, 5.74) is 1.63. The molecule has 2 heteroatoms. The van der Waals surface area contributed by atoms with Gasteiger partial charge in [-0.15, -0.1) is 6.42 Å². The first-order valence-corrected chi connectivity index (χ1v) is 4.92. The quantitative estimate of drug-likeness (QED) is 0.579. The van der Waals surface area contributed by atoms with E-state index in [1.165, 1.54) is 0 Å². The lowest BCUT2D eigenvalue weighted by Crippen LogP contribution is -2.01. The number of halogens is 2. The van der Waals surface area contributed by atoms with Crippen LogP contribution >= 0.6 is 22.6 Å². The van der Waals surface area contributed by atoms with E-state index in [4.69, 9.17) is 6.42 Å². The van der Waals surface area contributed by atoms with Crippen molar-refractivity contribution in [3.8, 4) is 12.3 Å². The molecule has 1 aromatic carbocycles. The zero-order chi connectivity index (χ0) is 9.84. The zero-order valence-electron chi connectivity index (χ0n) is 7.27.